The van der Waals surface area contributed by atoms with Gasteiger partial charge in [0.25, 0.3) is 0 Å². The second-order valence-electron chi connectivity index (χ2n) is 4.81. The van der Waals surface area contributed by atoms with Crippen LogP contribution in [0.25, 0.3) is 0 Å². The first-order valence-electron chi connectivity index (χ1n) is 6.68. The van der Waals surface area contributed by atoms with E-state index in [2.05, 4.69) is 29.4 Å². The molecule has 0 aliphatic rings. The van der Waals surface area contributed by atoms with Crippen molar-refractivity contribution < 1.29 is 4.79 Å². The summed E-state index contributed by atoms with van der Waals surface area (Å²) in [6.45, 7) is 8.10. The first-order chi connectivity index (χ1) is 8.02. The highest BCUT2D eigenvalue weighted by Gasteiger charge is 2.18. The molecule has 4 heteroatoms. The first-order valence-corrected chi connectivity index (χ1v) is 6.68. The molecule has 0 heterocycles. The van der Waals surface area contributed by atoms with Crippen LogP contribution >= 0.6 is 0 Å². The largest absolute Gasteiger partial charge is 0.352 e. The van der Waals surface area contributed by atoms with Crippen molar-refractivity contribution in [3.63, 3.8) is 0 Å². The van der Waals surface area contributed by atoms with Gasteiger partial charge >= 0.3 is 0 Å². The van der Waals surface area contributed by atoms with E-state index in [4.69, 9.17) is 0 Å². The number of hydrogen-bond donors (Lipinski definition) is 2. The fourth-order valence-corrected chi connectivity index (χ4v) is 1.77. The van der Waals surface area contributed by atoms with E-state index in [1.165, 1.54) is 0 Å². The van der Waals surface area contributed by atoms with Gasteiger partial charge in [0.2, 0.25) is 5.91 Å². The molecule has 0 aliphatic heterocycles. The summed E-state index contributed by atoms with van der Waals surface area (Å²) >= 11 is 0. The summed E-state index contributed by atoms with van der Waals surface area (Å²) in [6, 6.07) is 0.229. The standard InChI is InChI=1S/C13H29N3O/c1-6-8-11(2)15-13(17)12(3)16(5)10-7-9-14-4/h11-12,14H,6-10H2,1-5H3,(H,15,17). The number of likely N-dealkylation sites (N-methyl/N-ethyl adjacent to an activating group) is 1. The second-order valence-corrected chi connectivity index (χ2v) is 4.81. The summed E-state index contributed by atoms with van der Waals surface area (Å²) in [7, 11) is 3.95. The van der Waals surface area contributed by atoms with Crippen LogP contribution in [0.5, 0.6) is 0 Å². The molecule has 2 unspecified atom stereocenters. The van der Waals surface area contributed by atoms with Crippen molar-refractivity contribution in [2.24, 2.45) is 0 Å². The van der Waals surface area contributed by atoms with Crippen molar-refractivity contribution in [3.05, 3.63) is 0 Å². The van der Waals surface area contributed by atoms with Crippen molar-refractivity contribution in [3.8, 4) is 0 Å². The Bertz CT molecular complexity index is 209. The van der Waals surface area contributed by atoms with E-state index >= 15 is 0 Å². The molecule has 0 aromatic rings. The molecule has 17 heavy (non-hydrogen) atoms. The van der Waals surface area contributed by atoms with Crippen LogP contribution in [0.1, 0.15) is 40.0 Å². The average molecular weight is 243 g/mol. The highest BCUT2D eigenvalue weighted by molar-refractivity contribution is 5.81. The third kappa shape index (κ3) is 7.34. The van der Waals surface area contributed by atoms with Crippen LogP contribution in [0.15, 0.2) is 0 Å². The fourth-order valence-electron chi connectivity index (χ4n) is 1.77. The van der Waals surface area contributed by atoms with Gasteiger partial charge in [0.1, 0.15) is 0 Å². The third-order valence-electron chi connectivity index (χ3n) is 3.09. The van der Waals surface area contributed by atoms with Crippen LogP contribution in [0.3, 0.4) is 0 Å². The van der Waals surface area contributed by atoms with Gasteiger partial charge in [0.15, 0.2) is 0 Å². The SMILES string of the molecule is CCCC(C)NC(=O)C(C)N(C)CCCNC. The highest BCUT2D eigenvalue weighted by Crippen LogP contribution is 2.00. The van der Waals surface area contributed by atoms with Crippen LogP contribution in [-0.2, 0) is 4.79 Å². The number of carbonyl (C=O) groups excluding carboxylic acids is 1. The third-order valence-corrected chi connectivity index (χ3v) is 3.09. The molecule has 2 atom stereocenters. The lowest BCUT2D eigenvalue weighted by atomic mass is 10.1. The molecule has 0 aromatic carbocycles. The van der Waals surface area contributed by atoms with Gasteiger partial charge in [-0.05, 0) is 53.9 Å². The molecule has 0 bridgehead atoms. The zero-order chi connectivity index (χ0) is 13.3. The van der Waals surface area contributed by atoms with Gasteiger partial charge in [0.05, 0.1) is 6.04 Å². The van der Waals surface area contributed by atoms with Crippen LogP contribution in [0, 0.1) is 0 Å². The number of rotatable bonds is 9. The quantitative estimate of drug-likeness (QED) is 0.599. The van der Waals surface area contributed by atoms with E-state index in [1.807, 2.05) is 21.0 Å². The Morgan fingerprint density at radius 3 is 2.53 bits per heavy atom. The Kier molecular flexibility index (Phi) is 9.09. The molecule has 0 aromatic heterocycles. The predicted octanol–water partition coefficient (Wildman–Crippen LogP) is 1.22. The molecule has 2 N–H and O–H groups in total. The maximum atomic E-state index is 11.9. The molecule has 0 fully saturated rings. The Morgan fingerprint density at radius 1 is 1.35 bits per heavy atom. The van der Waals surface area contributed by atoms with E-state index in [0.717, 1.165) is 32.4 Å². The zero-order valence-corrected chi connectivity index (χ0v) is 12.0. The maximum Gasteiger partial charge on any atom is 0.237 e. The van der Waals surface area contributed by atoms with Crippen LogP contribution < -0.4 is 10.6 Å². The summed E-state index contributed by atoms with van der Waals surface area (Å²) in [5.41, 5.74) is 0. The van der Waals surface area contributed by atoms with E-state index in [-0.39, 0.29) is 18.0 Å². The number of carbonyl (C=O) groups is 1. The van der Waals surface area contributed by atoms with Gasteiger partial charge < -0.3 is 10.6 Å². The van der Waals surface area contributed by atoms with Crippen molar-refractivity contribution >= 4 is 5.91 Å². The van der Waals surface area contributed by atoms with E-state index in [1.54, 1.807) is 0 Å². The topological polar surface area (TPSA) is 44.4 Å². The molecule has 0 radical (unpaired) electrons. The molecule has 0 rings (SSSR count). The van der Waals surface area contributed by atoms with E-state index in [0.29, 0.717) is 0 Å². The summed E-state index contributed by atoms with van der Waals surface area (Å²) < 4.78 is 0. The Labute approximate surface area is 106 Å². The lowest BCUT2D eigenvalue weighted by molar-refractivity contribution is -0.126. The van der Waals surface area contributed by atoms with E-state index in [9.17, 15) is 4.79 Å². The van der Waals surface area contributed by atoms with Gasteiger partial charge in [-0.25, -0.2) is 0 Å². The molecule has 102 valence electrons. The number of amides is 1. The molecular weight excluding hydrogens is 214 g/mol. The van der Waals surface area contributed by atoms with Gasteiger partial charge in [-0.3, -0.25) is 9.69 Å². The summed E-state index contributed by atoms with van der Waals surface area (Å²) in [5, 5.41) is 6.17. The molecule has 1 amide bonds. The lowest BCUT2D eigenvalue weighted by Crippen LogP contribution is -2.46. The molecule has 4 nitrogen and oxygen atoms in total. The first kappa shape index (κ1) is 16.4. The summed E-state index contributed by atoms with van der Waals surface area (Å²) in [5.74, 6) is 0.137. The zero-order valence-electron chi connectivity index (χ0n) is 12.0. The molecular formula is C13H29N3O. The minimum absolute atomic E-state index is 0.0498. The Hall–Kier alpha value is -0.610. The number of hydrogen-bond acceptors (Lipinski definition) is 3. The van der Waals surface area contributed by atoms with Crippen molar-refractivity contribution in [1.29, 1.82) is 0 Å². The van der Waals surface area contributed by atoms with Gasteiger partial charge in [-0.1, -0.05) is 13.3 Å². The van der Waals surface area contributed by atoms with Gasteiger partial charge in [0, 0.05) is 6.04 Å². The Balaban J connectivity index is 3.93. The van der Waals surface area contributed by atoms with Gasteiger partial charge in [-0.2, -0.15) is 0 Å². The smallest absolute Gasteiger partial charge is 0.237 e. The van der Waals surface area contributed by atoms with Crippen molar-refractivity contribution in [2.75, 3.05) is 27.2 Å². The monoisotopic (exact) mass is 243 g/mol. The normalized spacial score (nSPS) is 14.7. The Morgan fingerprint density at radius 2 is 2.00 bits per heavy atom. The average Bonchev–Trinajstić information content (AvgIpc) is 2.28. The molecule has 0 saturated heterocycles. The molecule has 0 saturated carbocycles. The number of nitrogens with zero attached hydrogens (tertiary/aromatic N) is 1. The highest BCUT2D eigenvalue weighted by atomic mass is 16.2. The lowest BCUT2D eigenvalue weighted by Gasteiger charge is -2.25. The number of nitrogens with one attached hydrogen (secondary N) is 2. The van der Waals surface area contributed by atoms with Gasteiger partial charge in [-0.15, -0.1) is 0 Å². The predicted molar refractivity (Wildman–Crippen MR) is 73.1 cm³/mol. The summed E-state index contributed by atoms with van der Waals surface area (Å²) in [6.07, 6.45) is 3.21. The molecule has 0 spiro atoms. The minimum Gasteiger partial charge on any atom is -0.352 e. The van der Waals surface area contributed by atoms with Crippen LogP contribution in [0.2, 0.25) is 0 Å². The fraction of sp³-hybridized carbons (Fsp3) is 0.923. The van der Waals surface area contributed by atoms with E-state index < -0.39 is 0 Å². The molecule has 0 aliphatic carbocycles. The van der Waals surface area contributed by atoms with Crippen molar-refractivity contribution in [1.82, 2.24) is 15.5 Å². The summed E-state index contributed by atoms with van der Waals surface area (Å²) in [4.78, 5) is 14.0. The van der Waals surface area contributed by atoms with Crippen LogP contribution in [0.4, 0.5) is 0 Å². The van der Waals surface area contributed by atoms with Crippen LogP contribution in [-0.4, -0.2) is 50.1 Å². The minimum atomic E-state index is -0.0498. The second kappa shape index (κ2) is 9.42. The maximum absolute atomic E-state index is 11.9. The van der Waals surface area contributed by atoms with Crippen molar-refractivity contribution in [2.45, 2.75) is 52.1 Å².